The molecule has 27 heteroatoms. The van der Waals surface area contributed by atoms with Crippen LogP contribution in [0.4, 0.5) is 39.5 Å². The third-order valence-electron chi connectivity index (χ3n) is 19.9. The summed E-state index contributed by atoms with van der Waals surface area (Å²) in [4.78, 5) is 54.8. The summed E-state index contributed by atoms with van der Waals surface area (Å²) in [6.45, 7) is 2.82. The van der Waals surface area contributed by atoms with E-state index in [4.69, 9.17) is 21.9 Å². The van der Waals surface area contributed by atoms with E-state index in [1.54, 1.807) is 0 Å². The number of morpholine rings is 1. The number of ether oxygens (including phenoxy) is 1. The van der Waals surface area contributed by atoms with Gasteiger partial charge in [-0.25, -0.2) is 56.3 Å². The maximum atomic E-state index is 14.0. The van der Waals surface area contributed by atoms with Crippen molar-refractivity contribution in [2.24, 2.45) is 35.0 Å². The number of rotatable bonds is 20. The van der Waals surface area contributed by atoms with E-state index in [1.807, 2.05) is 14.7 Å². The number of nitrogens with two attached hydrogens (primary N) is 3. The Labute approximate surface area is 520 Å². The molecular formula is C63H82F9N7O9S2. The smallest absolute Gasteiger partial charge is 0.224 e. The Balaban J connectivity index is 0.000000161. The Bertz CT molecular complexity index is 3300. The number of sulfone groups is 1. The molecule has 3 unspecified atom stereocenters. The molecule has 11 rings (SSSR count). The first-order chi connectivity index (χ1) is 42.6. The van der Waals surface area contributed by atoms with Gasteiger partial charge in [0, 0.05) is 111 Å². The number of ketones is 1. The van der Waals surface area contributed by atoms with Crippen molar-refractivity contribution >= 4 is 43.4 Å². The number of carbonyl (C=O) groups excluding carboxylic acids is 4. The number of sulfonamides is 1. The van der Waals surface area contributed by atoms with Gasteiger partial charge in [-0.3, -0.25) is 14.4 Å². The van der Waals surface area contributed by atoms with Gasteiger partial charge in [-0.15, -0.1) is 0 Å². The number of benzene rings is 3. The first-order valence-corrected chi connectivity index (χ1v) is 34.8. The predicted molar refractivity (Wildman–Crippen MR) is 315 cm³/mol. The molecule has 1 aliphatic carbocycles. The predicted octanol–water partition coefficient (Wildman–Crippen LogP) is 7.62. The molecule has 0 aromatic heterocycles. The van der Waals surface area contributed by atoms with Crippen LogP contribution in [0.3, 0.4) is 0 Å². The number of nitrogens with zero attached hydrogens (tertiary/aromatic N) is 4. The van der Waals surface area contributed by atoms with Gasteiger partial charge in [0.25, 0.3) is 0 Å². The molecule has 90 heavy (non-hydrogen) atoms. The third-order valence-corrected chi connectivity index (χ3v) is 24.0. The van der Waals surface area contributed by atoms with Crippen molar-refractivity contribution < 1.29 is 80.3 Å². The van der Waals surface area contributed by atoms with Gasteiger partial charge >= 0.3 is 0 Å². The van der Waals surface area contributed by atoms with Crippen LogP contribution in [-0.2, 0) is 63.0 Å². The lowest BCUT2D eigenvalue weighted by atomic mass is 9.82. The largest absolute Gasteiger partial charge is 0.379 e. The molecule has 7 saturated heterocycles. The maximum absolute atomic E-state index is 14.0. The van der Waals surface area contributed by atoms with Gasteiger partial charge < -0.3 is 41.4 Å². The molecule has 3 aromatic carbocycles. The third kappa shape index (κ3) is 16.8. The van der Waals surface area contributed by atoms with E-state index in [9.17, 15) is 75.5 Å². The minimum atomic E-state index is -3.51. The second-order valence-electron chi connectivity index (χ2n) is 26.0. The molecule has 1 saturated carbocycles. The molecule has 6 N–H and O–H groups in total. The van der Waals surface area contributed by atoms with Crippen molar-refractivity contribution in [2.75, 3.05) is 37.8 Å². The monoisotopic (exact) mass is 1320 g/mol. The number of Topliss-reactive ketones (excluding diaryl/α,β-unsaturated/α-hetero) is 1. The van der Waals surface area contributed by atoms with Crippen LogP contribution in [0, 0.1) is 70.1 Å². The summed E-state index contributed by atoms with van der Waals surface area (Å²) in [6.07, 6.45) is 11.3. The molecule has 8 fully saturated rings. The molecule has 7 aliphatic heterocycles. The Kier molecular flexibility index (Phi) is 22.6. The maximum Gasteiger partial charge on any atom is 0.224 e. The van der Waals surface area contributed by atoms with E-state index < -0.39 is 84.3 Å². The average Bonchev–Trinajstić information content (AvgIpc) is 1.87. The second kappa shape index (κ2) is 29.4. The van der Waals surface area contributed by atoms with E-state index in [-0.39, 0.29) is 162 Å². The van der Waals surface area contributed by atoms with E-state index >= 15 is 0 Å². The molecule has 0 radical (unpaired) electrons. The van der Waals surface area contributed by atoms with Gasteiger partial charge in [0.1, 0.15) is 23.2 Å². The number of halogens is 9. The molecule has 6 bridgehead atoms. The molecule has 8 aliphatic rings. The topological polar surface area (TPSA) is 237 Å². The zero-order chi connectivity index (χ0) is 65.1. The lowest BCUT2D eigenvalue weighted by Gasteiger charge is -2.41. The van der Waals surface area contributed by atoms with Gasteiger partial charge in [0.05, 0.1) is 30.0 Å². The van der Waals surface area contributed by atoms with Crippen LogP contribution in [0.25, 0.3) is 0 Å². The molecular weight excluding hydrogens is 1230 g/mol. The summed E-state index contributed by atoms with van der Waals surface area (Å²) in [5, 5.41) is -0.262. The fraction of sp³-hybridized carbons (Fsp3) is 0.651. The zero-order valence-corrected chi connectivity index (χ0v) is 52.1. The second-order valence-corrected chi connectivity index (χ2v) is 30.5. The number of carbonyl (C=O) groups is 4. The van der Waals surface area contributed by atoms with Crippen LogP contribution in [0.15, 0.2) is 36.4 Å². The van der Waals surface area contributed by atoms with E-state index in [0.717, 1.165) is 69.6 Å². The highest BCUT2D eigenvalue weighted by atomic mass is 32.2. The minimum Gasteiger partial charge on any atom is -0.379 e. The zero-order valence-electron chi connectivity index (χ0n) is 50.5. The molecule has 3 aromatic rings. The average molecular weight is 1320 g/mol. The molecule has 7 heterocycles. The summed E-state index contributed by atoms with van der Waals surface area (Å²) in [5.41, 5.74) is 19.1. The van der Waals surface area contributed by atoms with Crippen LogP contribution in [0.2, 0.25) is 0 Å². The summed E-state index contributed by atoms with van der Waals surface area (Å²) in [5.74, 6) is -9.81. The number of piperidine rings is 3. The minimum absolute atomic E-state index is 0.00108. The van der Waals surface area contributed by atoms with Crippen LogP contribution in [0.1, 0.15) is 139 Å². The van der Waals surface area contributed by atoms with Crippen LogP contribution < -0.4 is 17.2 Å². The number of hydrogen-bond acceptors (Lipinski definition) is 12. The standard InChI is InChI=1S/C22H30F3N3O4S.C21H27F3N2O3S.C20H25F3N2O2/c23-18-13-20(25)19(24)11-14(18)12-21(26)15-9-16-1-2-17(10-15)28(16)22(29)3-8-33(30,31)27-4-6-32-7-5-27;22-17-11-19(24)18(23)9-12(17)10-20(25)13-7-14-1-2-15(8-13)26(14)21(27)5-6-30(28,29)16-3-4-16;1-11(26)2-5-20(27)25-14-3-4-15(25)7-13(6-14)19(24)9-12-8-17(22)18(23)10-16(12)21/h11,13,15-17,21H,1-10,12,26H2;9,11,13-16,20H,1-8,10,25H2;8,10,13-15,19H,2-7,9,24H2,1H3/t15?,16-,17+,21-;13?,14-,15+,20-;13?,14-,15+,19-/m111/s1. The van der Waals surface area contributed by atoms with Gasteiger partial charge in [-0.05, 0) is 169 Å². The molecule has 498 valence electrons. The van der Waals surface area contributed by atoms with Crippen molar-refractivity contribution in [3.63, 3.8) is 0 Å². The van der Waals surface area contributed by atoms with Gasteiger partial charge in [-0.2, -0.15) is 4.31 Å². The van der Waals surface area contributed by atoms with E-state index in [2.05, 4.69) is 0 Å². The van der Waals surface area contributed by atoms with E-state index in [1.165, 1.54) is 11.2 Å². The Morgan fingerprint density at radius 3 is 1.06 bits per heavy atom. The highest BCUT2D eigenvalue weighted by molar-refractivity contribution is 7.92. The molecule has 16 nitrogen and oxygen atoms in total. The van der Waals surface area contributed by atoms with Gasteiger partial charge in [0.15, 0.2) is 44.7 Å². The Hall–Kier alpha value is -5.19. The van der Waals surface area contributed by atoms with Crippen LogP contribution in [-0.4, -0.2) is 157 Å². The summed E-state index contributed by atoms with van der Waals surface area (Å²) < 4.78 is 178. The van der Waals surface area contributed by atoms with Crippen molar-refractivity contribution in [1.29, 1.82) is 0 Å². The fourth-order valence-corrected chi connectivity index (χ4v) is 18.1. The first-order valence-electron chi connectivity index (χ1n) is 31.4. The van der Waals surface area contributed by atoms with Crippen LogP contribution >= 0.6 is 0 Å². The number of amides is 3. The first kappa shape index (κ1) is 69.2. The normalized spacial score (nSPS) is 26.7. The highest BCUT2D eigenvalue weighted by Crippen LogP contribution is 2.44. The fourth-order valence-electron chi connectivity index (χ4n) is 15.0. The Morgan fingerprint density at radius 1 is 0.444 bits per heavy atom. The van der Waals surface area contributed by atoms with E-state index in [0.29, 0.717) is 83.0 Å². The number of hydrogen-bond donors (Lipinski definition) is 3. The van der Waals surface area contributed by atoms with Gasteiger partial charge in [0.2, 0.25) is 27.7 Å². The molecule has 12 atom stereocenters. The lowest BCUT2D eigenvalue weighted by molar-refractivity contribution is -0.138. The Morgan fingerprint density at radius 2 is 0.744 bits per heavy atom. The van der Waals surface area contributed by atoms with Crippen molar-refractivity contribution in [3.8, 4) is 0 Å². The van der Waals surface area contributed by atoms with Crippen molar-refractivity contribution in [1.82, 2.24) is 19.0 Å². The number of fused-ring (bicyclic) bond motifs is 6. The molecule has 3 amide bonds. The highest BCUT2D eigenvalue weighted by Gasteiger charge is 2.48. The van der Waals surface area contributed by atoms with Crippen molar-refractivity contribution in [2.45, 2.75) is 201 Å². The lowest BCUT2D eigenvalue weighted by Crippen LogP contribution is -2.51. The quantitative estimate of drug-likeness (QED) is 0.0732. The summed E-state index contributed by atoms with van der Waals surface area (Å²) >= 11 is 0. The van der Waals surface area contributed by atoms with Gasteiger partial charge in [-0.1, -0.05) is 0 Å². The SMILES string of the molecule is CC(=O)CCC(=O)N1[C@@H]2CC[C@H]1CC([C@H](N)Cc1cc(F)c(F)cc1F)C2.N[C@H](Cc1cc(F)c(F)cc1F)C1C[C@H]2CC[C@@H](C1)N2C(=O)CCS(=O)(=O)C1CC1.N[C@H](Cc1cc(F)c(F)cc1F)C1C[C@H]2CC[C@@H](C1)N2C(=O)CCS(=O)(=O)N1CCOCC1. The molecule has 0 spiro atoms. The summed E-state index contributed by atoms with van der Waals surface area (Å²) in [6, 6.07) is 3.07. The van der Waals surface area contributed by atoms with Crippen molar-refractivity contribution in [3.05, 3.63) is 105 Å². The van der Waals surface area contributed by atoms with Crippen LogP contribution in [0.5, 0.6) is 0 Å². The summed E-state index contributed by atoms with van der Waals surface area (Å²) in [7, 11) is -6.67.